The molecule has 4 fully saturated rings. The quantitative estimate of drug-likeness (QED) is 0.213. The molecule has 0 spiro atoms. The normalized spacial score (nSPS) is 24.5. The van der Waals surface area contributed by atoms with Crippen molar-refractivity contribution in [3.05, 3.63) is 58.8 Å². The Morgan fingerprint density at radius 2 is 1.83 bits per heavy atom. The van der Waals surface area contributed by atoms with Crippen LogP contribution in [0.2, 0.25) is 0 Å². The number of carbonyl (C=O) groups excluding carboxylic acids is 4. The summed E-state index contributed by atoms with van der Waals surface area (Å²) in [5, 5.41) is 17.4. The van der Waals surface area contributed by atoms with Crippen LogP contribution in [0.4, 0.5) is 18.9 Å². The van der Waals surface area contributed by atoms with E-state index in [-0.39, 0.29) is 68.8 Å². The summed E-state index contributed by atoms with van der Waals surface area (Å²) < 4.78 is 51.2. The fraction of sp³-hybridized carbons (Fsp3) is 0.548. The zero-order valence-electron chi connectivity index (χ0n) is 33.7. The first-order valence-corrected chi connectivity index (χ1v) is 20.5. The van der Waals surface area contributed by atoms with Crippen molar-refractivity contribution in [2.45, 2.75) is 102 Å². The minimum Gasteiger partial charge on any atom is -0.377 e. The molecule has 3 aliphatic heterocycles. The highest BCUT2D eigenvalue weighted by Crippen LogP contribution is 2.39. The SMILES string of the molecule is Cc1cc(N2C(=O)C(C)(C)N(C3CCC(OCCN4CCN(CC(=O)Cc5cccc6c(C7CCC(=O)NC7=O)nn(C)c56)[C@@H](C(F)(F)F)C4)CC3)C2=S)ccc1C#N. The molecule has 0 bridgehead atoms. The zero-order chi connectivity index (χ0) is 42.4. The largest absolute Gasteiger partial charge is 0.405 e. The molecule has 59 heavy (non-hydrogen) atoms. The second kappa shape index (κ2) is 16.7. The lowest BCUT2D eigenvalue weighted by Gasteiger charge is -2.42. The van der Waals surface area contributed by atoms with Gasteiger partial charge in [-0.1, -0.05) is 18.2 Å². The van der Waals surface area contributed by atoms with E-state index >= 15 is 0 Å². The number of hydrogen-bond acceptors (Lipinski definition) is 10. The second-order valence-corrected chi connectivity index (χ2v) is 17.0. The Morgan fingerprint density at radius 3 is 2.51 bits per heavy atom. The van der Waals surface area contributed by atoms with Crippen molar-refractivity contribution in [2.24, 2.45) is 7.05 Å². The van der Waals surface area contributed by atoms with E-state index in [1.54, 1.807) is 57.9 Å². The summed E-state index contributed by atoms with van der Waals surface area (Å²) in [6.45, 7) is 5.95. The Bertz CT molecular complexity index is 2210. The molecule has 314 valence electrons. The van der Waals surface area contributed by atoms with E-state index < -0.39 is 29.6 Å². The van der Waals surface area contributed by atoms with Crippen LogP contribution in [0.1, 0.15) is 80.7 Å². The van der Waals surface area contributed by atoms with Crippen LogP contribution in [-0.2, 0) is 37.4 Å². The van der Waals surface area contributed by atoms with Gasteiger partial charge in [0.25, 0.3) is 5.91 Å². The number of ether oxygens (including phenoxy) is 1. The fourth-order valence-corrected chi connectivity index (χ4v) is 9.82. The molecule has 4 heterocycles. The van der Waals surface area contributed by atoms with E-state index in [0.29, 0.717) is 58.0 Å². The van der Waals surface area contributed by atoms with Crippen molar-refractivity contribution in [3.63, 3.8) is 0 Å². The average molecular weight is 835 g/mol. The molecule has 1 N–H and O–H groups in total. The molecule has 1 aliphatic carbocycles. The number of Topliss-reactive ketones (excluding diaryl/α,β-unsaturated/α-hetero) is 1. The number of thiocarbonyl (C=S) groups is 1. The molecule has 13 nitrogen and oxygen atoms in total. The zero-order valence-corrected chi connectivity index (χ0v) is 34.5. The first-order chi connectivity index (χ1) is 28.0. The number of para-hydroxylation sites is 1. The number of piperazine rings is 1. The summed E-state index contributed by atoms with van der Waals surface area (Å²) in [6.07, 6.45) is -1.30. The van der Waals surface area contributed by atoms with Gasteiger partial charge in [0.05, 0.1) is 53.7 Å². The Hall–Kier alpha value is -4.76. The van der Waals surface area contributed by atoms with Gasteiger partial charge < -0.3 is 9.64 Å². The number of ketones is 1. The van der Waals surface area contributed by atoms with Crippen molar-refractivity contribution in [2.75, 3.05) is 44.2 Å². The third-order valence-electron chi connectivity index (χ3n) is 12.4. The van der Waals surface area contributed by atoms with Gasteiger partial charge in [-0.3, -0.25) is 43.9 Å². The summed E-state index contributed by atoms with van der Waals surface area (Å²) in [6, 6.07) is 10.9. The van der Waals surface area contributed by atoms with Gasteiger partial charge in [-0.2, -0.15) is 23.5 Å². The van der Waals surface area contributed by atoms with Gasteiger partial charge in [0.15, 0.2) is 10.9 Å². The molecular weight excluding hydrogens is 786 g/mol. The number of alkyl halides is 3. The second-order valence-electron chi connectivity index (χ2n) is 16.6. The highest BCUT2D eigenvalue weighted by Gasteiger charge is 2.52. The smallest absolute Gasteiger partial charge is 0.377 e. The Labute approximate surface area is 346 Å². The van der Waals surface area contributed by atoms with Gasteiger partial charge in [0, 0.05) is 57.5 Å². The number of aryl methyl sites for hydroxylation is 2. The number of imide groups is 1. The molecule has 3 saturated heterocycles. The number of carbonyl (C=O) groups is 4. The van der Waals surface area contributed by atoms with Gasteiger partial charge in [0.1, 0.15) is 11.6 Å². The molecule has 1 aromatic heterocycles. The van der Waals surface area contributed by atoms with Crippen LogP contribution in [0.25, 0.3) is 10.9 Å². The molecule has 2 atom stereocenters. The van der Waals surface area contributed by atoms with Crippen LogP contribution in [0.15, 0.2) is 36.4 Å². The van der Waals surface area contributed by atoms with E-state index in [1.807, 2.05) is 25.7 Å². The minimum absolute atomic E-state index is 0.0152. The van der Waals surface area contributed by atoms with Crippen LogP contribution < -0.4 is 10.2 Å². The maximum atomic E-state index is 14.5. The van der Waals surface area contributed by atoms with E-state index in [1.165, 1.54) is 4.90 Å². The van der Waals surface area contributed by atoms with E-state index in [2.05, 4.69) is 16.5 Å². The number of aromatic nitrogens is 2. The van der Waals surface area contributed by atoms with Crippen LogP contribution >= 0.6 is 12.2 Å². The fourth-order valence-electron chi connectivity index (χ4n) is 9.26. The predicted molar refractivity (Wildman–Crippen MR) is 216 cm³/mol. The maximum absolute atomic E-state index is 14.5. The Morgan fingerprint density at radius 1 is 1.08 bits per heavy atom. The highest BCUT2D eigenvalue weighted by atomic mass is 32.1. The lowest BCUT2D eigenvalue weighted by atomic mass is 9.89. The predicted octanol–water partition coefficient (Wildman–Crippen LogP) is 4.67. The van der Waals surface area contributed by atoms with Gasteiger partial charge in [0.2, 0.25) is 11.8 Å². The summed E-state index contributed by atoms with van der Waals surface area (Å²) in [7, 11) is 1.70. The van der Waals surface area contributed by atoms with Gasteiger partial charge in [-0.25, -0.2) is 0 Å². The number of halogens is 3. The molecule has 17 heteroatoms. The van der Waals surface area contributed by atoms with Crippen LogP contribution in [0.3, 0.4) is 0 Å². The molecule has 1 unspecified atom stereocenters. The van der Waals surface area contributed by atoms with Crippen molar-refractivity contribution < 1.29 is 37.1 Å². The van der Waals surface area contributed by atoms with Crippen molar-refractivity contribution in [1.82, 2.24) is 29.8 Å². The number of fused-ring (bicyclic) bond motifs is 1. The number of nitrogens with zero attached hydrogens (tertiary/aromatic N) is 7. The van der Waals surface area contributed by atoms with Crippen LogP contribution in [-0.4, -0.2) is 122 Å². The number of nitriles is 1. The van der Waals surface area contributed by atoms with Crippen molar-refractivity contribution >= 4 is 57.4 Å². The van der Waals surface area contributed by atoms with Crippen LogP contribution in [0, 0.1) is 18.3 Å². The molecule has 0 radical (unpaired) electrons. The molecule has 7 rings (SSSR count). The van der Waals surface area contributed by atoms with E-state index in [9.17, 15) is 37.6 Å². The molecule has 3 aromatic rings. The Kier molecular flexibility index (Phi) is 12.0. The van der Waals surface area contributed by atoms with E-state index in [4.69, 9.17) is 17.0 Å². The molecule has 3 amide bonds. The topological polar surface area (TPSA) is 144 Å². The van der Waals surface area contributed by atoms with Gasteiger partial charge >= 0.3 is 6.18 Å². The third kappa shape index (κ3) is 8.50. The molecular formula is C42H49F3N8O5S. The number of nitrogens with one attached hydrogen (secondary N) is 1. The minimum atomic E-state index is -4.54. The highest BCUT2D eigenvalue weighted by molar-refractivity contribution is 7.80. The van der Waals surface area contributed by atoms with Gasteiger partial charge in [-0.05, 0) is 94.4 Å². The van der Waals surface area contributed by atoms with Gasteiger partial charge in [-0.15, -0.1) is 0 Å². The van der Waals surface area contributed by atoms with E-state index in [0.717, 1.165) is 31.2 Å². The monoisotopic (exact) mass is 834 g/mol. The number of piperidine rings is 1. The number of amides is 3. The number of hydrogen-bond donors (Lipinski definition) is 1. The summed E-state index contributed by atoms with van der Waals surface area (Å²) >= 11 is 5.88. The van der Waals surface area contributed by atoms with Crippen LogP contribution in [0.5, 0.6) is 0 Å². The third-order valence-corrected chi connectivity index (χ3v) is 12.7. The lowest BCUT2D eigenvalue weighted by molar-refractivity contribution is -0.197. The maximum Gasteiger partial charge on any atom is 0.405 e. The Balaban J connectivity index is 0.903. The summed E-state index contributed by atoms with van der Waals surface area (Å²) in [4.78, 5) is 57.9. The number of anilines is 1. The number of rotatable bonds is 11. The first kappa shape index (κ1) is 42.4. The van der Waals surface area contributed by atoms with Crippen molar-refractivity contribution in [3.8, 4) is 6.07 Å². The first-order valence-electron chi connectivity index (χ1n) is 20.1. The molecule has 2 aromatic carbocycles. The molecule has 1 saturated carbocycles. The van der Waals surface area contributed by atoms with Crippen molar-refractivity contribution in [1.29, 1.82) is 5.26 Å². The average Bonchev–Trinajstić information content (AvgIpc) is 3.60. The number of benzene rings is 2. The summed E-state index contributed by atoms with van der Waals surface area (Å²) in [5.74, 6) is -1.87. The summed E-state index contributed by atoms with van der Waals surface area (Å²) in [5.41, 5.74) is 2.80. The standard InChI is InChI=1S/C42H49F3N8O5S/c1-25-20-29(9-8-27(25)22-46)52-39(57)41(2,3)53(40(52)59)28-10-12-31(13-11-28)58-19-18-50-16-17-51(34(24-50)42(43,44)45)23-30(54)21-26-6-5-7-32-36(48-49(4)37(26)32)33-14-15-35(55)47-38(33)56/h5-9,20,28,31,33-34H,10-19,21,23-24H2,1-4H3,(H,47,55,56)/t28?,31?,33?,34-/m1/s1. The molecule has 4 aliphatic rings. The lowest BCUT2D eigenvalue weighted by Crippen LogP contribution is -2.60.